The van der Waals surface area contributed by atoms with Crippen LogP contribution in [0.15, 0.2) is 54.6 Å². The maximum Gasteiger partial charge on any atom is 0.255 e. The molecule has 3 rings (SSSR count). The van der Waals surface area contributed by atoms with Crippen LogP contribution in [0.3, 0.4) is 0 Å². The van der Waals surface area contributed by atoms with Gasteiger partial charge in [-0.2, -0.15) is 0 Å². The van der Waals surface area contributed by atoms with Gasteiger partial charge in [-0.3, -0.25) is 4.79 Å². The van der Waals surface area contributed by atoms with Gasteiger partial charge < -0.3 is 11.1 Å². The number of benzene rings is 2. The molecule has 0 saturated heterocycles. The molecule has 1 saturated carbocycles. The zero-order chi connectivity index (χ0) is 13.9. The van der Waals surface area contributed by atoms with Gasteiger partial charge in [-0.15, -0.1) is 12.4 Å². The maximum atomic E-state index is 12.1. The Labute approximate surface area is 131 Å². The van der Waals surface area contributed by atoms with Crippen LogP contribution in [0.25, 0.3) is 0 Å². The Bertz CT molecular complexity index is 615. The molecule has 1 fully saturated rings. The van der Waals surface area contributed by atoms with Crippen LogP contribution >= 0.6 is 12.4 Å². The lowest BCUT2D eigenvalue weighted by Gasteiger charge is -2.07. The van der Waals surface area contributed by atoms with Gasteiger partial charge in [-0.1, -0.05) is 30.3 Å². The van der Waals surface area contributed by atoms with Gasteiger partial charge in [0.15, 0.2) is 0 Å². The summed E-state index contributed by atoms with van der Waals surface area (Å²) < 4.78 is 0. The summed E-state index contributed by atoms with van der Waals surface area (Å²) in [7, 11) is 0. The minimum absolute atomic E-state index is 0. The summed E-state index contributed by atoms with van der Waals surface area (Å²) in [4.78, 5) is 12.1. The lowest BCUT2D eigenvalue weighted by Crippen LogP contribution is -2.11. The molecule has 3 N–H and O–H groups in total. The first-order chi connectivity index (χ1) is 9.78. The molecule has 0 bridgehead atoms. The summed E-state index contributed by atoms with van der Waals surface area (Å²) in [5, 5.41) is 2.94. The van der Waals surface area contributed by atoms with Gasteiger partial charge in [0.2, 0.25) is 0 Å². The number of halogens is 1. The van der Waals surface area contributed by atoms with Gasteiger partial charge >= 0.3 is 0 Å². The zero-order valence-electron chi connectivity index (χ0n) is 11.7. The molecule has 0 radical (unpaired) electrons. The summed E-state index contributed by atoms with van der Waals surface area (Å²) in [5.41, 5.74) is 8.47. The fourth-order valence-corrected chi connectivity index (χ4v) is 2.56. The molecular formula is C17H19ClN2O. The number of rotatable bonds is 4. The smallest absolute Gasteiger partial charge is 0.255 e. The van der Waals surface area contributed by atoms with Crippen LogP contribution in [0, 0.1) is 5.92 Å². The lowest BCUT2D eigenvalue weighted by atomic mass is 10.1. The van der Waals surface area contributed by atoms with Crippen molar-refractivity contribution in [2.75, 3.05) is 11.9 Å². The van der Waals surface area contributed by atoms with E-state index in [1.54, 1.807) is 0 Å². The highest BCUT2D eigenvalue weighted by molar-refractivity contribution is 6.04. The highest BCUT2D eigenvalue weighted by atomic mass is 35.5. The summed E-state index contributed by atoms with van der Waals surface area (Å²) in [6, 6.07) is 17.3. The van der Waals surface area contributed by atoms with Gasteiger partial charge in [0, 0.05) is 11.3 Å². The molecule has 3 nitrogen and oxygen atoms in total. The summed E-state index contributed by atoms with van der Waals surface area (Å²) in [6.45, 7) is 0.741. The molecule has 1 amide bonds. The molecule has 21 heavy (non-hydrogen) atoms. The van der Waals surface area contributed by atoms with Crippen molar-refractivity contribution in [3.05, 3.63) is 65.7 Å². The maximum absolute atomic E-state index is 12.1. The monoisotopic (exact) mass is 302 g/mol. The van der Waals surface area contributed by atoms with E-state index in [2.05, 4.69) is 17.4 Å². The molecule has 1 aliphatic carbocycles. The molecule has 0 unspecified atom stereocenters. The number of amides is 1. The Morgan fingerprint density at radius 3 is 2.57 bits per heavy atom. The number of nitrogens with one attached hydrogen (secondary N) is 1. The van der Waals surface area contributed by atoms with E-state index in [1.807, 2.05) is 42.5 Å². The molecule has 0 heterocycles. The van der Waals surface area contributed by atoms with Crippen LogP contribution in [-0.2, 0) is 0 Å². The van der Waals surface area contributed by atoms with Gasteiger partial charge in [0.05, 0.1) is 0 Å². The summed E-state index contributed by atoms with van der Waals surface area (Å²) in [6.07, 6.45) is 1.16. The molecule has 0 aliphatic heterocycles. The summed E-state index contributed by atoms with van der Waals surface area (Å²) in [5.74, 6) is 1.09. The van der Waals surface area contributed by atoms with Crippen molar-refractivity contribution in [2.24, 2.45) is 11.7 Å². The van der Waals surface area contributed by atoms with Crippen molar-refractivity contribution in [3.63, 3.8) is 0 Å². The second kappa shape index (κ2) is 6.74. The second-order valence-corrected chi connectivity index (χ2v) is 5.28. The van der Waals surface area contributed by atoms with E-state index >= 15 is 0 Å². The Kier molecular flexibility index (Phi) is 4.99. The van der Waals surface area contributed by atoms with Crippen molar-refractivity contribution in [2.45, 2.75) is 12.3 Å². The first-order valence-electron chi connectivity index (χ1n) is 6.94. The molecule has 0 aromatic heterocycles. The third-order valence-corrected chi connectivity index (χ3v) is 3.83. The van der Waals surface area contributed by atoms with E-state index in [0.717, 1.165) is 18.7 Å². The molecule has 4 heteroatoms. The Morgan fingerprint density at radius 2 is 1.90 bits per heavy atom. The third kappa shape index (κ3) is 3.63. The Hall–Kier alpha value is -1.84. The average Bonchev–Trinajstić information content (AvgIpc) is 3.28. The van der Waals surface area contributed by atoms with Crippen LogP contribution in [0.5, 0.6) is 0 Å². The van der Waals surface area contributed by atoms with Crippen molar-refractivity contribution < 1.29 is 4.79 Å². The first-order valence-corrected chi connectivity index (χ1v) is 6.94. The predicted molar refractivity (Wildman–Crippen MR) is 88.0 cm³/mol. The Balaban J connectivity index is 0.00000161. The average molecular weight is 303 g/mol. The Morgan fingerprint density at radius 1 is 1.14 bits per heavy atom. The van der Waals surface area contributed by atoms with Crippen molar-refractivity contribution in [3.8, 4) is 0 Å². The quantitative estimate of drug-likeness (QED) is 0.909. The molecule has 110 valence electrons. The van der Waals surface area contributed by atoms with Gasteiger partial charge in [-0.05, 0) is 54.6 Å². The minimum atomic E-state index is -0.0751. The fourth-order valence-electron chi connectivity index (χ4n) is 2.56. The molecule has 1 aliphatic rings. The van der Waals surface area contributed by atoms with Crippen LogP contribution in [0.4, 0.5) is 5.69 Å². The number of nitrogens with two attached hydrogens (primary N) is 1. The van der Waals surface area contributed by atoms with E-state index in [1.165, 1.54) is 5.56 Å². The number of hydrogen-bond acceptors (Lipinski definition) is 2. The van der Waals surface area contributed by atoms with Crippen molar-refractivity contribution in [1.29, 1.82) is 0 Å². The number of carbonyl (C=O) groups is 1. The van der Waals surface area contributed by atoms with E-state index in [0.29, 0.717) is 17.4 Å². The van der Waals surface area contributed by atoms with Gasteiger partial charge in [0.1, 0.15) is 0 Å². The van der Waals surface area contributed by atoms with E-state index in [9.17, 15) is 4.79 Å². The largest absolute Gasteiger partial charge is 0.330 e. The van der Waals surface area contributed by atoms with Crippen LogP contribution < -0.4 is 11.1 Å². The van der Waals surface area contributed by atoms with Crippen LogP contribution in [0.1, 0.15) is 28.3 Å². The van der Waals surface area contributed by atoms with E-state index < -0.39 is 0 Å². The second-order valence-electron chi connectivity index (χ2n) is 5.28. The summed E-state index contributed by atoms with van der Waals surface area (Å²) >= 11 is 0. The highest BCUT2D eigenvalue weighted by Gasteiger charge is 2.36. The third-order valence-electron chi connectivity index (χ3n) is 3.83. The molecule has 2 aromatic carbocycles. The zero-order valence-corrected chi connectivity index (χ0v) is 12.5. The van der Waals surface area contributed by atoms with Crippen molar-refractivity contribution >= 4 is 24.0 Å². The molecule has 2 atom stereocenters. The van der Waals surface area contributed by atoms with Crippen molar-refractivity contribution in [1.82, 2.24) is 0 Å². The van der Waals surface area contributed by atoms with Crippen LogP contribution in [0.2, 0.25) is 0 Å². The van der Waals surface area contributed by atoms with Gasteiger partial charge in [-0.25, -0.2) is 0 Å². The predicted octanol–water partition coefficient (Wildman–Crippen LogP) is 3.42. The number of hydrogen-bond donors (Lipinski definition) is 2. The topological polar surface area (TPSA) is 55.1 Å². The van der Waals surface area contributed by atoms with Gasteiger partial charge in [0.25, 0.3) is 5.91 Å². The lowest BCUT2D eigenvalue weighted by molar-refractivity contribution is 0.102. The normalized spacial score (nSPS) is 19.5. The van der Waals surface area contributed by atoms with E-state index in [-0.39, 0.29) is 18.3 Å². The standard InChI is InChI=1S/C17H18N2O.ClH/c18-11-14-10-16(14)13-7-4-8-15(9-13)19-17(20)12-5-2-1-3-6-12;/h1-9,14,16H,10-11,18H2,(H,19,20);1H/t14-,16-;/m1./s1. The first kappa shape index (κ1) is 15.5. The SMILES string of the molecule is Cl.NC[C@H]1C[C@@H]1c1cccc(NC(=O)c2ccccc2)c1. The molecule has 2 aromatic rings. The molecule has 0 spiro atoms. The number of anilines is 1. The fraction of sp³-hybridized carbons (Fsp3) is 0.235. The highest BCUT2D eigenvalue weighted by Crippen LogP contribution is 2.46. The molecular weight excluding hydrogens is 284 g/mol. The van der Waals surface area contributed by atoms with E-state index in [4.69, 9.17) is 5.73 Å². The van der Waals surface area contributed by atoms with Crippen LogP contribution in [-0.4, -0.2) is 12.5 Å². The number of carbonyl (C=O) groups excluding carboxylic acids is 1. The minimum Gasteiger partial charge on any atom is -0.330 e.